The van der Waals surface area contributed by atoms with Crippen LogP contribution >= 0.6 is 0 Å². The van der Waals surface area contributed by atoms with Crippen LogP contribution in [0.3, 0.4) is 0 Å². The van der Waals surface area contributed by atoms with Gasteiger partial charge in [0.05, 0.1) is 6.04 Å². The fraction of sp³-hybridized carbons (Fsp3) is 0.360. The first-order chi connectivity index (χ1) is 16.6. The fourth-order valence-corrected chi connectivity index (χ4v) is 5.58. The molecular weight excluding hydrogens is 463 g/mol. The molecule has 2 aromatic rings. The number of hydrogen-bond acceptors (Lipinski definition) is 4. The first kappa shape index (κ1) is 23.1. The van der Waals surface area contributed by atoms with Crippen LogP contribution in [0.15, 0.2) is 42.5 Å². The number of halogens is 3. The molecule has 3 aliphatic rings. The number of hydrogen-bond donors (Lipinski definition) is 2. The molecule has 2 aliphatic heterocycles. The van der Waals surface area contributed by atoms with Gasteiger partial charge in [-0.25, -0.2) is 13.2 Å². The molecule has 0 bridgehead atoms. The van der Waals surface area contributed by atoms with E-state index in [4.69, 9.17) is 5.73 Å². The van der Waals surface area contributed by atoms with Crippen LogP contribution in [0, 0.1) is 11.7 Å². The molecule has 3 N–H and O–H groups in total. The van der Waals surface area contributed by atoms with Gasteiger partial charge in [-0.15, -0.1) is 0 Å². The third-order valence-electron chi connectivity index (χ3n) is 7.19. The van der Waals surface area contributed by atoms with Crippen LogP contribution < -0.4 is 11.1 Å². The van der Waals surface area contributed by atoms with Crippen molar-refractivity contribution in [2.45, 2.75) is 49.6 Å². The molecule has 0 aromatic heterocycles. The minimum absolute atomic E-state index is 0.0124. The van der Waals surface area contributed by atoms with Crippen molar-refractivity contribution >= 4 is 23.6 Å². The van der Waals surface area contributed by atoms with Crippen LogP contribution in [0.2, 0.25) is 0 Å². The number of nitrogens with zero attached hydrogens (tertiary/aromatic N) is 1. The lowest BCUT2D eigenvalue weighted by Gasteiger charge is -2.46. The Morgan fingerprint density at radius 2 is 1.77 bits per heavy atom. The number of nitrogens with two attached hydrogens (primary N) is 1. The van der Waals surface area contributed by atoms with Gasteiger partial charge in [0, 0.05) is 36.3 Å². The van der Waals surface area contributed by atoms with E-state index in [1.54, 1.807) is 0 Å². The number of benzene rings is 2. The molecule has 2 aromatic carbocycles. The summed E-state index contributed by atoms with van der Waals surface area (Å²) in [6, 6.07) is 7.78. The summed E-state index contributed by atoms with van der Waals surface area (Å²) >= 11 is 0. The predicted molar refractivity (Wildman–Crippen MR) is 117 cm³/mol. The molecule has 182 valence electrons. The minimum Gasteiger partial charge on any atom is -0.366 e. The number of carbonyl (C=O) groups excluding carboxylic acids is 4. The van der Waals surface area contributed by atoms with Crippen LogP contribution in [0.1, 0.15) is 69.5 Å². The van der Waals surface area contributed by atoms with Gasteiger partial charge in [-0.1, -0.05) is 12.1 Å². The number of imide groups is 1. The Hall–Kier alpha value is -3.69. The maximum atomic E-state index is 14.0. The summed E-state index contributed by atoms with van der Waals surface area (Å²) < 4.78 is 41.7. The lowest BCUT2D eigenvalue weighted by atomic mass is 9.66. The zero-order valence-corrected chi connectivity index (χ0v) is 18.5. The summed E-state index contributed by atoms with van der Waals surface area (Å²) in [5.74, 6) is -7.02. The number of alkyl halides is 2. The molecule has 1 aliphatic carbocycles. The van der Waals surface area contributed by atoms with Crippen molar-refractivity contribution in [2.24, 2.45) is 11.7 Å². The molecule has 5 rings (SSSR count). The molecule has 1 saturated carbocycles. The standard InChI is InChI=1S/C25H22F3N3O4/c26-15-4-1-12(2-5-15)20(14-10-25(27,28)11-14)21-17-9-13(22(29)33)3-6-16(17)24(35)31(21)18-7-8-19(32)30-23(18)34/h1-6,9,14,18,20-21H,7-8,10-11H2,(H2,29,33)(H,30,32,34). The van der Waals surface area contributed by atoms with Crippen LogP contribution in [0.5, 0.6) is 0 Å². The first-order valence-electron chi connectivity index (χ1n) is 11.3. The van der Waals surface area contributed by atoms with E-state index in [-0.39, 0.29) is 24.0 Å². The van der Waals surface area contributed by atoms with Gasteiger partial charge < -0.3 is 10.6 Å². The third kappa shape index (κ3) is 3.96. The van der Waals surface area contributed by atoms with E-state index in [0.29, 0.717) is 11.1 Å². The number of carbonyl (C=O) groups is 4. The van der Waals surface area contributed by atoms with E-state index < -0.39 is 72.1 Å². The summed E-state index contributed by atoms with van der Waals surface area (Å²) in [4.78, 5) is 51.4. The number of amides is 4. The van der Waals surface area contributed by atoms with E-state index >= 15 is 0 Å². The van der Waals surface area contributed by atoms with E-state index in [2.05, 4.69) is 5.32 Å². The molecule has 3 unspecified atom stereocenters. The van der Waals surface area contributed by atoms with Crippen LogP contribution in [0.25, 0.3) is 0 Å². The Morgan fingerprint density at radius 1 is 1.09 bits per heavy atom. The number of piperidine rings is 1. The second kappa shape index (κ2) is 8.21. The van der Waals surface area contributed by atoms with Crippen LogP contribution in [-0.2, 0) is 9.59 Å². The minimum atomic E-state index is -2.87. The van der Waals surface area contributed by atoms with E-state index in [0.717, 1.165) is 0 Å². The van der Waals surface area contributed by atoms with Crippen molar-refractivity contribution in [1.82, 2.24) is 10.2 Å². The highest BCUT2D eigenvalue weighted by molar-refractivity contribution is 6.06. The topological polar surface area (TPSA) is 110 Å². The molecule has 2 fully saturated rings. The van der Waals surface area contributed by atoms with Gasteiger partial charge in [-0.05, 0) is 53.8 Å². The summed E-state index contributed by atoms with van der Waals surface area (Å²) in [7, 11) is 0. The summed E-state index contributed by atoms with van der Waals surface area (Å²) in [6.45, 7) is 0. The highest BCUT2D eigenvalue weighted by Gasteiger charge is 2.55. The molecule has 1 saturated heterocycles. The summed E-state index contributed by atoms with van der Waals surface area (Å²) in [5.41, 5.74) is 6.73. The van der Waals surface area contributed by atoms with Gasteiger partial charge in [0.15, 0.2) is 0 Å². The van der Waals surface area contributed by atoms with Gasteiger partial charge in [-0.3, -0.25) is 24.5 Å². The fourth-order valence-electron chi connectivity index (χ4n) is 5.58. The Morgan fingerprint density at radius 3 is 2.37 bits per heavy atom. The van der Waals surface area contributed by atoms with E-state index in [1.165, 1.54) is 47.4 Å². The Kier molecular flexibility index (Phi) is 5.41. The molecule has 0 spiro atoms. The summed E-state index contributed by atoms with van der Waals surface area (Å²) in [5, 5.41) is 2.24. The second-order valence-electron chi connectivity index (χ2n) is 9.39. The molecule has 2 heterocycles. The van der Waals surface area contributed by atoms with Crippen molar-refractivity contribution in [1.29, 1.82) is 0 Å². The average Bonchev–Trinajstić information content (AvgIpc) is 3.06. The van der Waals surface area contributed by atoms with Crippen LogP contribution in [-0.4, -0.2) is 40.5 Å². The molecule has 7 nitrogen and oxygen atoms in total. The number of rotatable bonds is 5. The van der Waals surface area contributed by atoms with Crippen molar-refractivity contribution < 1.29 is 32.3 Å². The number of nitrogens with one attached hydrogen (secondary N) is 1. The quantitative estimate of drug-likeness (QED) is 0.635. The summed E-state index contributed by atoms with van der Waals surface area (Å²) in [6.07, 6.45) is -0.791. The van der Waals surface area contributed by atoms with Crippen molar-refractivity contribution in [3.05, 3.63) is 70.5 Å². The molecular formula is C25H22F3N3O4. The third-order valence-corrected chi connectivity index (χ3v) is 7.19. The molecule has 10 heteroatoms. The Balaban J connectivity index is 1.67. The van der Waals surface area contributed by atoms with Gasteiger partial charge in [0.25, 0.3) is 5.91 Å². The highest BCUT2D eigenvalue weighted by Crippen LogP contribution is 2.56. The zero-order valence-electron chi connectivity index (χ0n) is 18.5. The van der Waals surface area contributed by atoms with E-state index in [1.807, 2.05) is 0 Å². The zero-order chi connectivity index (χ0) is 25.1. The van der Waals surface area contributed by atoms with Crippen molar-refractivity contribution in [2.75, 3.05) is 0 Å². The highest BCUT2D eigenvalue weighted by atomic mass is 19.3. The monoisotopic (exact) mass is 485 g/mol. The van der Waals surface area contributed by atoms with Crippen molar-refractivity contribution in [3.63, 3.8) is 0 Å². The molecule has 35 heavy (non-hydrogen) atoms. The maximum absolute atomic E-state index is 14.0. The van der Waals surface area contributed by atoms with Gasteiger partial charge in [0.2, 0.25) is 23.6 Å². The van der Waals surface area contributed by atoms with Crippen molar-refractivity contribution in [3.8, 4) is 0 Å². The molecule has 3 atom stereocenters. The van der Waals surface area contributed by atoms with E-state index in [9.17, 15) is 32.3 Å². The molecule has 4 amide bonds. The molecule has 0 radical (unpaired) electrons. The lowest BCUT2D eigenvalue weighted by Crippen LogP contribution is -2.55. The SMILES string of the molecule is NC(=O)c1ccc2c(c1)C(C(c1ccc(F)cc1)C1CC(F)(F)C1)N(C1CCC(=O)NC1=O)C2=O. The maximum Gasteiger partial charge on any atom is 0.255 e. The first-order valence-corrected chi connectivity index (χ1v) is 11.3. The van der Waals surface area contributed by atoms with Gasteiger partial charge >= 0.3 is 0 Å². The Bertz CT molecular complexity index is 1240. The number of fused-ring (bicyclic) bond motifs is 1. The normalized spacial score (nSPS) is 24.5. The Labute approximate surface area is 198 Å². The average molecular weight is 485 g/mol. The van der Waals surface area contributed by atoms with Crippen LogP contribution in [0.4, 0.5) is 13.2 Å². The largest absolute Gasteiger partial charge is 0.366 e. The predicted octanol–water partition coefficient (Wildman–Crippen LogP) is 3.06. The number of primary amides is 1. The smallest absolute Gasteiger partial charge is 0.255 e. The second-order valence-corrected chi connectivity index (χ2v) is 9.39. The van der Waals surface area contributed by atoms with Gasteiger partial charge in [-0.2, -0.15) is 0 Å². The van der Waals surface area contributed by atoms with Gasteiger partial charge in [0.1, 0.15) is 11.9 Å². The lowest BCUT2D eigenvalue weighted by molar-refractivity contribution is -0.139.